The zero-order valence-corrected chi connectivity index (χ0v) is 19.1. The number of hydrogen-bond donors (Lipinski definition) is 1. The van der Waals surface area contributed by atoms with Gasteiger partial charge in [0.25, 0.3) is 5.91 Å². The zero-order valence-electron chi connectivity index (χ0n) is 18.1. The molecule has 2 saturated heterocycles. The second kappa shape index (κ2) is 7.72. The Bertz CT molecular complexity index is 920. The first-order chi connectivity index (χ1) is 14.7. The number of carbonyl (C=O) groups is 2. The maximum Gasteiger partial charge on any atom is 0.414 e. The van der Waals surface area contributed by atoms with E-state index in [1.54, 1.807) is 42.3 Å². The van der Waals surface area contributed by atoms with E-state index >= 15 is 4.11 Å². The molecular weight excluding hydrogens is 419 g/mol. The van der Waals surface area contributed by atoms with Crippen LogP contribution in [0, 0.1) is 5.92 Å². The minimum Gasteiger partial charge on any atom is -0.447 e. The van der Waals surface area contributed by atoms with E-state index in [2.05, 4.69) is 6.58 Å². The number of amides is 2. The van der Waals surface area contributed by atoms with Gasteiger partial charge in [-0.2, -0.15) is 0 Å². The molecule has 9 heteroatoms. The Morgan fingerprint density at radius 3 is 2.71 bits per heavy atom. The molecule has 0 aromatic heterocycles. The number of hydrogen-bond acceptors (Lipinski definition) is 5. The van der Waals surface area contributed by atoms with Crippen molar-refractivity contribution in [2.75, 3.05) is 36.1 Å². The molecule has 3 aliphatic rings. The average Bonchev–Trinajstić information content (AvgIpc) is 3.32. The molecule has 31 heavy (non-hydrogen) atoms. The van der Waals surface area contributed by atoms with E-state index in [4.69, 9.17) is 9.47 Å². The summed E-state index contributed by atoms with van der Waals surface area (Å²) in [4.78, 5) is 29.0. The standard InChI is InChI=1S/C22H29FN2O5Si/c1-5-9-25-17-7-6-15(24-10-12-29-21(24)28)13-16(17)22(20(25)27)14(2)19(31(3,4)23)18(30-22)8-11-26/h5-7,13-14,18-19,26H,1,8-12H2,2-4H3/t14-,18+,19-,22+/m1/s1. The van der Waals surface area contributed by atoms with Crippen LogP contribution in [-0.4, -0.2) is 57.9 Å². The molecular formula is C22H29FN2O5Si. The van der Waals surface area contributed by atoms with Crippen LogP contribution in [0.5, 0.6) is 0 Å². The average molecular weight is 449 g/mol. The molecule has 3 aliphatic heterocycles. The van der Waals surface area contributed by atoms with Gasteiger partial charge in [-0.1, -0.05) is 13.0 Å². The summed E-state index contributed by atoms with van der Waals surface area (Å²) >= 11 is 0. The van der Waals surface area contributed by atoms with Crippen LogP contribution in [0.1, 0.15) is 18.9 Å². The molecule has 4 rings (SSSR count). The molecule has 3 heterocycles. The normalized spacial score (nSPS) is 30.3. The lowest BCUT2D eigenvalue weighted by molar-refractivity contribution is -0.146. The fraction of sp³-hybridized carbons (Fsp3) is 0.545. The Kier molecular flexibility index (Phi) is 5.47. The summed E-state index contributed by atoms with van der Waals surface area (Å²) in [7, 11) is -3.23. The van der Waals surface area contributed by atoms with Gasteiger partial charge in [0.05, 0.1) is 18.3 Å². The quantitative estimate of drug-likeness (QED) is 0.410. The lowest BCUT2D eigenvalue weighted by Gasteiger charge is -2.31. The Balaban J connectivity index is 1.87. The third-order valence-corrected chi connectivity index (χ3v) is 9.20. The number of cyclic esters (lactones) is 1. The number of carbonyl (C=O) groups excluding carboxylic acids is 2. The number of halogens is 1. The molecule has 1 N–H and O–H groups in total. The third-order valence-electron chi connectivity index (χ3n) is 6.74. The number of rotatable bonds is 6. The lowest BCUT2D eigenvalue weighted by atomic mass is 9.82. The van der Waals surface area contributed by atoms with E-state index in [-0.39, 0.29) is 18.9 Å². The van der Waals surface area contributed by atoms with Gasteiger partial charge < -0.3 is 23.6 Å². The highest BCUT2D eigenvalue weighted by Gasteiger charge is 2.66. The fourth-order valence-corrected chi connectivity index (χ4v) is 8.08. The van der Waals surface area contributed by atoms with Crippen molar-refractivity contribution in [3.8, 4) is 0 Å². The number of aliphatic hydroxyl groups excluding tert-OH is 1. The van der Waals surface area contributed by atoms with Crippen LogP contribution in [0.3, 0.4) is 0 Å². The number of ether oxygens (including phenoxy) is 2. The molecule has 2 amide bonds. The number of anilines is 2. The molecule has 7 nitrogen and oxygen atoms in total. The molecule has 0 radical (unpaired) electrons. The summed E-state index contributed by atoms with van der Waals surface area (Å²) in [6.07, 6.45) is 0.907. The van der Waals surface area contributed by atoms with E-state index in [1.807, 2.05) is 6.92 Å². The molecule has 0 unspecified atom stereocenters. The van der Waals surface area contributed by atoms with Crippen molar-refractivity contribution in [2.24, 2.45) is 5.92 Å². The summed E-state index contributed by atoms with van der Waals surface area (Å²) in [6, 6.07) is 5.38. The second-order valence-electron chi connectivity index (χ2n) is 8.96. The first kappa shape index (κ1) is 22.0. The Hall–Kier alpha value is -2.23. The molecule has 4 atom stereocenters. The summed E-state index contributed by atoms with van der Waals surface area (Å²) in [5, 5.41) is 9.59. The molecule has 1 aromatic carbocycles. The zero-order chi connectivity index (χ0) is 22.6. The monoisotopic (exact) mass is 448 g/mol. The van der Waals surface area contributed by atoms with Gasteiger partial charge in [0.2, 0.25) is 8.41 Å². The molecule has 2 fully saturated rings. The van der Waals surface area contributed by atoms with Gasteiger partial charge in [-0.3, -0.25) is 9.69 Å². The van der Waals surface area contributed by atoms with Crippen molar-refractivity contribution in [1.29, 1.82) is 0 Å². The summed E-state index contributed by atoms with van der Waals surface area (Å²) in [5.74, 6) is -0.683. The summed E-state index contributed by atoms with van der Waals surface area (Å²) in [6.45, 7) is 9.75. The van der Waals surface area contributed by atoms with Crippen LogP contribution in [0.4, 0.5) is 20.3 Å². The first-order valence-corrected chi connectivity index (χ1v) is 13.6. The van der Waals surface area contributed by atoms with Crippen LogP contribution in [0.2, 0.25) is 18.6 Å². The maximum absolute atomic E-state index is 15.4. The van der Waals surface area contributed by atoms with Gasteiger partial charge in [0.1, 0.15) is 6.61 Å². The highest BCUT2D eigenvalue weighted by Crippen LogP contribution is 2.60. The van der Waals surface area contributed by atoms with Crippen molar-refractivity contribution >= 4 is 31.8 Å². The third kappa shape index (κ3) is 3.21. The van der Waals surface area contributed by atoms with Crippen molar-refractivity contribution in [3.63, 3.8) is 0 Å². The van der Waals surface area contributed by atoms with Crippen molar-refractivity contribution < 1.29 is 28.3 Å². The molecule has 0 saturated carbocycles. The van der Waals surface area contributed by atoms with E-state index < -0.39 is 37.7 Å². The van der Waals surface area contributed by atoms with E-state index in [1.165, 1.54) is 4.90 Å². The second-order valence-corrected chi connectivity index (χ2v) is 12.8. The number of nitrogens with zero attached hydrogens (tertiary/aromatic N) is 2. The summed E-state index contributed by atoms with van der Waals surface area (Å²) in [5.41, 5.74) is 0.102. The van der Waals surface area contributed by atoms with Crippen LogP contribution >= 0.6 is 0 Å². The minimum absolute atomic E-state index is 0.147. The van der Waals surface area contributed by atoms with Gasteiger partial charge in [-0.05, 0) is 37.7 Å². The van der Waals surface area contributed by atoms with Crippen LogP contribution < -0.4 is 9.80 Å². The van der Waals surface area contributed by atoms with Crippen molar-refractivity contribution in [1.82, 2.24) is 0 Å². The van der Waals surface area contributed by atoms with Crippen LogP contribution in [0.15, 0.2) is 30.9 Å². The van der Waals surface area contributed by atoms with E-state index in [0.717, 1.165) is 0 Å². The Morgan fingerprint density at radius 2 is 2.13 bits per heavy atom. The van der Waals surface area contributed by atoms with E-state index in [9.17, 15) is 14.7 Å². The molecule has 0 bridgehead atoms. The predicted molar refractivity (Wildman–Crippen MR) is 117 cm³/mol. The SMILES string of the molecule is C=CCN1C(=O)[C@@]2(O[C@@H](CCO)[C@H]([Si](C)(C)F)[C@H]2C)c2cc(N3CCOC3=O)ccc21. The fourth-order valence-electron chi connectivity index (χ4n) is 5.54. The van der Waals surface area contributed by atoms with Gasteiger partial charge in [-0.25, -0.2) is 4.79 Å². The van der Waals surface area contributed by atoms with Gasteiger partial charge in [-0.15, -0.1) is 6.58 Å². The van der Waals surface area contributed by atoms with E-state index in [0.29, 0.717) is 36.6 Å². The number of aliphatic hydroxyl groups is 1. The highest BCUT2D eigenvalue weighted by atomic mass is 28.4. The predicted octanol–water partition coefficient (Wildman–Crippen LogP) is 3.33. The smallest absolute Gasteiger partial charge is 0.414 e. The lowest BCUT2D eigenvalue weighted by Crippen LogP contribution is -2.45. The minimum atomic E-state index is -3.23. The van der Waals surface area contributed by atoms with Crippen molar-refractivity contribution in [3.05, 3.63) is 36.4 Å². The largest absolute Gasteiger partial charge is 0.447 e. The molecule has 1 spiro atoms. The highest BCUT2D eigenvalue weighted by molar-refractivity contribution is 6.72. The molecule has 168 valence electrons. The topological polar surface area (TPSA) is 79.3 Å². The Morgan fingerprint density at radius 1 is 1.39 bits per heavy atom. The van der Waals surface area contributed by atoms with Crippen LogP contribution in [-0.2, 0) is 19.9 Å². The van der Waals surface area contributed by atoms with Crippen LogP contribution in [0.25, 0.3) is 0 Å². The molecule has 1 aromatic rings. The summed E-state index contributed by atoms with van der Waals surface area (Å²) < 4.78 is 26.9. The van der Waals surface area contributed by atoms with Gasteiger partial charge in [0, 0.05) is 35.9 Å². The number of fused-ring (bicyclic) bond motifs is 2. The molecule has 0 aliphatic carbocycles. The first-order valence-electron chi connectivity index (χ1n) is 10.7. The Labute approximate surface area is 182 Å². The van der Waals surface area contributed by atoms with Gasteiger partial charge >= 0.3 is 6.09 Å². The van der Waals surface area contributed by atoms with Gasteiger partial charge in [0.15, 0.2) is 5.60 Å². The maximum atomic E-state index is 15.4. The van der Waals surface area contributed by atoms with Crippen molar-refractivity contribution in [2.45, 2.75) is 43.7 Å². The number of benzene rings is 1.